The summed E-state index contributed by atoms with van der Waals surface area (Å²) in [5.41, 5.74) is 1.87. The molecule has 2 atom stereocenters. The van der Waals surface area contributed by atoms with Crippen molar-refractivity contribution in [3.8, 4) is 11.5 Å². The van der Waals surface area contributed by atoms with Crippen LogP contribution in [0.4, 0.5) is 0 Å². The lowest BCUT2D eigenvalue weighted by Gasteiger charge is -2.22. The van der Waals surface area contributed by atoms with Crippen LogP contribution in [0.15, 0.2) is 24.3 Å². The molecule has 0 aliphatic heterocycles. The van der Waals surface area contributed by atoms with Gasteiger partial charge in [0.25, 0.3) is 0 Å². The third kappa shape index (κ3) is 2.66. The summed E-state index contributed by atoms with van der Waals surface area (Å²) < 4.78 is 10.4. The normalized spacial score (nSPS) is 23.4. The van der Waals surface area contributed by atoms with Gasteiger partial charge < -0.3 is 19.7 Å². The lowest BCUT2D eigenvalue weighted by atomic mass is 9.90. The zero-order valence-electron chi connectivity index (χ0n) is 10.6. The summed E-state index contributed by atoms with van der Waals surface area (Å²) in [5.74, 6) is 1.31. The number of hydrogen-bond donors (Lipinski definition) is 2. The number of ether oxygens (including phenoxy) is 2. The lowest BCUT2D eigenvalue weighted by molar-refractivity contribution is 0.100. The maximum atomic E-state index is 9.68. The molecule has 4 nitrogen and oxygen atoms in total. The SMILES string of the molecule is COc1ccc(C2=CC(O)CC(O)C2)cc1OC. The summed E-state index contributed by atoms with van der Waals surface area (Å²) >= 11 is 0. The van der Waals surface area contributed by atoms with Crippen LogP contribution in [-0.2, 0) is 0 Å². The van der Waals surface area contributed by atoms with E-state index < -0.39 is 12.2 Å². The van der Waals surface area contributed by atoms with Gasteiger partial charge in [-0.25, -0.2) is 0 Å². The van der Waals surface area contributed by atoms with Crippen molar-refractivity contribution in [2.45, 2.75) is 25.0 Å². The maximum absolute atomic E-state index is 9.68. The number of benzene rings is 1. The van der Waals surface area contributed by atoms with Crippen LogP contribution in [0.25, 0.3) is 5.57 Å². The van der Waals surface area contributed by atoms with Crippen LogP contribution in [0.3, 0.4) is 0 Å². The highest BCUT2D eigenvalue weighted by molar-refractivity contribution is 5.69. The third-order valence-electron chi connectivity index (χ3n) is 3.12. The van der Waals surface area contributed by atoms with Gasteiger partial charge in [0.05, 0.1) is 26.4 Å². The van der Waals surface area contributed by atoms with Gasteiger partial charge in [-0.15, -0.1) is 0 Å². The Morgan fingerprint density at radius 1 is 1.11 bits per heavy atom. The Morgan fingerprint density at radius 2 is 1.83 bits per heavy atom. The first-order chi connectivity index (χ1) is 8.63. The average molecular weight is 250 g/mol. The van der Waals surface area contributed by atoms with Gasteiger partial charge in [-0.1, -0.05) is 12.1 Å². The van der Waals surface area contributed by atoms with Crippen LogP contribution in [0.1, 0.15) is 18.4 Å². The zero-order chi connectivity index (χ0) is 13.1. The van der Waals surface area contributed by atoms with E-state index in [4.69, 9.17) is 9.47 Å². The molecule has 0 radical (unpaired) electrons. The predicted octanol–water partition coefficient (Wildman–Crippen LogP) is 1.60. The van der Waals surface area contributed by atoms with E-state index in [2.05, 4.69) is 0 Å². The molecule has 2 unspecified atom stereocenters. The molecule has 1 aliphatic rings. The van der Waals surface area contributed by atoms with Crippen molar-refractivity contribution >= 4 is 5.57 Å². The van der Waals surface area contributed by atoms with Gasteiger partial charge in [-0.05, 0) is 29.7 Å². The standard InChI is InChI=1S/C14H18O4/c1-17-13-4-3-9(7-14(13)18-2)10-5-11(15)8-12(16)6-10/h3-5,7,11-12,15-16H,6,8H2,1-2H3. The highest BCUT2D eigenvalue weighted by atomic mass is 16.5. The molecule has 1 aromatic carbocycles. The van der Waals surface area contributed by atoms with Crippen molar-refractivity contribution < 1.29 is 19.7 Å². The van der Waals surface area contributed by atoms with Crippen molar-refractivity contribution in [3.05, 3.63) is 29.8 Å². The van der Waals surface area contributed by atoms with Gasteiger partial charge in [0.2, 0.25) is 0 Å². The second-order valence-corrected chi connectivity index (χ2v) is 4.42. The van der Waals surface area contributed by atoms with Gasteiger partial charge in [0, 0.05) is 6.42 Å². The monoisotopic (exact) mass is 250 g/mol. The van der Waals surface area contributed by atoms with E-state index >= 15 is 0 Å². The van der Waals surface area contributed by atoms with Gasteiger partial charge in [0.15, 0.2) is 11.5 Å². The highest BCUT2D eigenvalue weighted by Crippen LogP contribution is 2.33. The number of methoxy groups -OCH3 is 2. The summed E-state index contributed by atoms with van der Waals surface area (Å²) in [4.78, 5) is 0. The second-order valence-electron chi connectivity index (χ2n) is 4.42. The minimum absolute atomic E-state index is 0.400. The van der Waals surface area contributed by atoms with Gasteiger partial charge >= 0.3 is 0 Å². The van der Waals surface area contributed by atoms with Crippen LogP contribution in [0.5, 0.6) is 11.5 Å². The fourth-order valence-electron chi connectivity index (χ4n) is 2.23. The molecule has 0 spiro atoms. The topological polar surface area (TPSA) is 58.9 Å². The first-order valence-corrected chi connectivity index (χ1v) is 5.93. The smallest absolute Gasteiger partial charge is 0.161 e. The number of aliphatic hydroxyl groups excluding tert-OH is 2. The molecular formula is C14H18O4. The van der Waals surface area contributed by atoms with Crippen LogP contribution in [-0.4, -0.2) is 36.6 Å². The van der Waals surface area contributed by atoms with E-state index in [0.717, 1.165) is 11.1 Å². The van der Waals surface area contributed by atoms with Gasteiger partial charge in [0.1, 0.15) is 0 Å². The van der Waals surface area contributed by atoms with Crippen LogP contribution < -0.4 is 9.47 Å². The number of rotatable bonds is 3. The molecule has 2 rings (SSSR count). The summed E-state index contributed by atoms with van der Waals surface area (Å²) in [5, 5.41) is 19.3. The minimum Gasteiger partial charge on any atom is -0.493 e. The molecule has 1 aromatic rings. The molecule has 0 saturated carbocycles. The molecule has 1 aliphatic carbocycles. The molecular weight excluding hydrogens is 232 g/mol. The average Bonchev–Trinajstić information content (AvgIpc) is 2.36. The van der Waals surface area contributed by atoms with Crippen molar-refractivity contribution in [2.75, 3.05) is 14.2 Å². The van der Waals surface area contributed by atoms with E-state index in [1.54, 1.807) is 20.3 Å². The molecule has 0 heterocycles. The zero-order valence-corrected chi connectivity index (χ0v) is 10.6. The number of hydrogen-bond acceptors (Lipinski definition) is 4. The summed E-state index contributed by atoms with van der Waals surface area (Å²) in [6.45, 7) is 0. The fraction of sp³-hybridized carbons (Fsp3) is 0.429. The second kappa shape index (κ2) is 5.42. The molecule has 2 N–H and O–H groups in total. The largest absolute Gasteiger partial charge is 0.493 e. The van der Waals surface area contributed by atoms with Crippen LogP contribution in [0.2, 0.25) is 0 Å². The van der Waals surface area contributed by atoms with E-state index in [-0.39, 0.29) is 0 Å². The molecule has 0 amide bonds. The van der Waals surface area contributed by atoms with Crippen molar-refractivity contribution in [1.29, 1.82) is 0 Å². The quantitative estimate of drug-likeness (QED) is 0.855. The predicted molar refractivity (Wildman–Crippen MR) is 68.8 cm³/mol. The Kier molecular flexibility index (Phi) is 3.89. The molecule has 0 fully saturated rings. The molecule has 0 saturated heterocycles. The fourth-order valence-corrected chi connectivity index (χ4v) is 2.23. The summed E-state index contributed by atoms with van der Waals surface area (Å²) in [7, 11) is 3.17. The third-order valence-corrected chi connectivity index (χ3v) is 3.12. The first kappa shape index (κ1) is 12.9. The van der Waals surface area contributed by atoms with Crippen LogP contribution in [0, 0.1) is 0 Å². The Morgan fingerprint density at radius 3 is 2.44 bits per heavy atom. The molecule has 0 aromatic heterocycles. The number of aliphatic hydroxyl groups is 2. The lowest BCUT2D eigenvalue weighted by Crippen LogP contribution is -2.21. The highest BCUT2D eigenvalue weighted by Gasteiger charge is 2.20. The molecule has 0 bridgehead atoms. The Labute approximate surface area is 106 Å². The van der Waals surface area contributed by atoms with E-state index in [1.165, 1.54) is 0 Å². The van der Waals surface area contributed by atoms with Gasteiger partial charge in [-0.2, -0.15) is 0 Å². The molecule has 18 heavy (non-hydrogen) atoms. The van der Waals surface area contributed by atoms with E-state index in [0.29, 0.717) is 24.3 Å². The van der Waals surface area contributed by atoms with Crippen molar-refractivity contribution in [2.24, 2.45) is 0 Å². The van der Waals surface area contributed by atoms with Crippen LogP contribution >= 0.6 is 0 Å². The Balaban J connectivity index is 2.33. The van der Waals surface area contributed by atoms with Gasteiger partial charge in [-0.3, -0.25) is 0 Å². The first-order valence-electron chi connectivity index (χ1n) is 5.93. The Hall–Kier alpha value is -1.52. The molecule has 4 heteroatoms. The maximum Gasteiger partial charge on any atom is 0.161 e. The summed E-state index contributed by atoms with van der Waals surface area (Å²) in [6.07, 6.45) is 1.65. The Bertz CT molecular complexity index is 453. The molecule has 98 valence electrons. The van der Waals surface area contributed by atoms with Crippen molar-refractivity contribution in [1.82, 2.24) is 0 Å². The van der Waals surface area contributed by atoms with Crippen molar-refractivity contribution in [3.63, 3.8) is 0 Å². The minimum atomic E-state index is -0.586. The summed E-state index contributed by atoms with van der Waals surface area (Å²) in [6, 6.07) is 5.58. The van der Waals surface area contributed by atoms with E-state index in [9.17, 15) is 10.2 Å². The van der Waals surface area contributed by atoms with E-state index in [1.807, 2.05) is 18.2 Å².